The van der Waals surface area contributed by atoms with Gasteiger partial charge in [0.15, 0.2) is 0 Å². The number of ether oxygens (including phenoxy) is 2. The molecule has 0 saturated heterocycles. The van der Waals surface area contributed by atoms with Gasteiger partial charge in [0.2, 0.25) is 11.8 Å². The number of carbonyl (C=O) groups is 4. The summed E-state index contributed by atoms with van der Waals surface area (Å²) in [7, 11) is 2.45. The SMILES string of the molecule is CCN(CC(=O)Nc1cc(C(=O)OC)ccc1C(=O)OC)CC(=O)NC(C)C. The summed E-state index contributed by atoms with van der Waals surface area (Å²) in [5.74, 6) is -1.89. The van der Waals surface area contributed by atoms with Gasteiger partial charge in [0.05, 0.1) is 44.1 Å². The Morgan fingerprint density at radius 3 is 2.14 bits per heavy atom. The van der Waals surface area contributed by atoms with Gasteiger partial charge in [0.25, 0.3) is 0 Å². The summed E-state index contributed by atoms with van der Waals surface area (Å²) in [6.45, 7) is 6.00. The minimum Gasteiger partial charge on any atom is -0.465 e. The summed E-state index contributed by atoms with van der Waals surface area (Å²) >= 11 is 0. The van der Waals surface area contributed by atoms with E-state index in [0.29, 0.717) is 6.54 Å². The van der Waals surface area contributed by atoms with Crippen LogP contribution >= 0.6 is 0 Å². The zero-order valence-corrected chi connectivity index (χ0v) is 16.8. The quantitative estimate of drug-likeness (QED) is 0.603. The van der Waals surface area contributed by atoms with Gasteiger partial charge in [0.1, 0.15) is 0 Å². The fourth-order valence-corrected chi connectivity index (χ4v) is 2.42. The van der Waals surface area contributed by atoms with Crippen LogP contribution in [0.2, 0.25) is 0 Å². The Morgan fingerprint density at radius 2 is 1.61 bits per heavy atom. The number of likely N-dealkylation sites (N-methyl/N-ethyl adjacent to an activating group) is 1. The zero-order valence-electron chi connectivity index (χ0n) is 16.8. The molecular formula is C19H27N3O6. The lowest BCUT2D eigenvalue weighted by molar-refractivity contribution is -0.123. The Bertz CT molecular complexity index is 732. The van der Waals surface area contributed by atoms with Crippen LogP contribution in [0.25, 0.3) is 0 Å². The van der Waals surface area contributed by atoms with Crippen LogP contribution in [0.15, 0.2) is 18.2 Å². The van der Waals surface area contributed by atoms with E-state index in [0.717, 1.165) is 0 Å². The minimum atomic E-state index is -0.657. The van der Waals surface area contributed by atoms with Gasteiger partial charge >= 0.3 is 11.9 Å². The molecule has 0 fully saturated rings. The highest BCUT2D eigenvalue weighted by molar-refractivity contribution is 6.04. The number of methoxy groups -OCH3 is 2. The summed E-state index contributed by atoms with van der Waals surface area (Å²) in [5.41, 5.74) is 0.403. The molecule has 0 radical (unpaired) electrons. The van der Waals surface area contributed by atoms with Crippen molar-refractivity contribution in [2.45, 2.75) is 26.8 Å². The second-order valence-corrected chi connectivity index (χ2v) is 6.32. The molecule has 0 aliphatic heterocycles. The van der Waals surface area contributed by atoms with Crippen LogP contribution in [-0.4, -0.2) is 68.5 Å². The van der Waals surface area contributed by atoms with Gasteiger partial charge in [-0.25, -0.2) is 9.59 Å². The Morgan fingerprint density at radius 1 is 1.00 bits per heavy atom. The smallest absolute Gasteiger partial charge is 0.339 e. The summed E-state index contributed by atoms with van der Waals surface area (Å²) in [5, 5.41) is 5.37. The molecule has 9 heteroatoms. The van der Waals surface area contributed by atoms with Gasteiger partial charge in [-0.3, -0.25) is 14.5 Å². The molecule has 0 aliphatic carbocycles. The van der Waals surface area contributed by atoms with Crippen molar-refractivity contribution in [2.24, 2.45) is 0 Å². The maximum absolute atomic E-state index is 12.4. The van der Waals surface area contributed by atoms with Gasteiger partial charge in [-0.1, -0.05) is 6.92 Å². The van der Waals surface area contributed by atoms with Crippen LogP contribution in [-0.2, 0) is 19.1 Å². The van der Waals surface area contributed by atoms with E-state index < -0.39 is 17.8 Å². The first kappa shape index (κ1) is 23.1. The monoisotopic (exact) mass is 393 g/mol. The van der Waals surface area contributed by atoms with E-state index in [1.165, 1.54) is 32.4 Å². The summed E-state index contributed by atoms with van der Waals surface area (Å²) in [4.78, 5) is 49.7. The Balaban J connectivity index is 2.94. The van der Waals surface area contributed by atoms with Gasteiger partial charge < -0.3 is 20.1 Å². The molecule has 0 spiro atoms. The standard InChI is InChI=1S/C19H27N3O6/c1-6-22(10-16(23)20-12(2)3)11-17(24)21-15-9-13(18(25)27-4)7-8-14(15)19(26)28-5/h7-9,12H,6,10-11H2,1-5H3,(H,20,23)(H,21,24). The van der Waals surface area contributed by atoms with Gasteiger partial charge in [0, 0.05) is 6.04 Å². The van der Waals surface area contributed by atoms with Crippen molar-refractivity contribution in [1.82, 2.24) is 10.2 Å². The van der Waals surface area contributed by atoms with Crippen LogP contribution in [0.1, 0.15) is 41.5 Å². The fraction of sp³-hybridized carbons (Fsp3) is 0.474. The Hall–Kier alpha value is -2.94. The predicted octanol–water partition coefficient (Wildman–Crippen LogP) is 1.04. The summed E-state index contributed by atoms with van der Waals surface area (Å²) in [6.07, 6.45) is 0. The lowest BCUT2D eigenvalue weighted by atomic mass is 10.1. The lowest BCUT2D eigenvalue weighted by Crippen LogP contribution is -2.42. The maximum atomic E-state index is 12.4. The van der Waals surface area contributed by atoms with Crippen LogP contribution in [0, 0.1) is 0 Å². The van der Waals surface area contributed by atoms with Crippen molar-refractivity contribution in [2.75, 3.05) is 39.2 Å². The Labute approximate surface area is 164 Å². The number of esters is 2. The molecule has 1 aromatic rings. The molecule has 154 valence electrons. The molecule has 0 unspecified atom stereocenters. The van der Waals surface area contributed by atoms with Crippen molar-refractivity contribution in [3.05, 3.63) is 29.3 Å². The molecule has 2 amide bonds. The number of hydrogen-bond donors (Lipinski definition) is 2. The van der Waals surface area contributed by atoms with Crippen LogP contribution in [0.4, 0.5) is 5.69 Å². The van der Waals surface area contributed by atoms with Crippen molar-refractivity contribution < 1.29 is 28.7 Å². The molecule has 0 aromatic heterocycles. The first-order valence-corrected chi connectivity index (χ1v) is 8.84. The second kappa shape index (κ2) is 11.0. The minimum absolute atomic E-state index is 0.00343. The average Bonchev–Trinajstić information content (AvgIpc) is 2.65. The van der Waals surface area contributed by atoms with Crippen LogP contribution in [0.3, 0.4) is 0 Å². The highest BCUT2D eigenvalue weighted by Gasteiger charge is 2.19. The molecule has 1 rings (SSSR count). The molecule has 0 heterocycles. The molecule has 28 heavy (non-hydrogen) atoms. The van der Waals surface area contributed by atoms with Gasteiger partial charge in [-0.05, 0) is 38.6 Å². The summed E-state index contributed by atoms with van der Waals surface area (Å²) < 4.78 is 9.37. The number of benzene rings is 1. The van der Waals surface area contributed by atoms with E-state index in [1.807, 2.05) is 20.8 Å². The third kappa shape index (κ3) is 6.99. The van der Waals surface area contributed by atoms with Crippen molar-refractivity contribution in [3.8, 4) is 0 Å². The molecule has 0 bridgehead atoms. The number of rotatable bonds is 9. The van der Waals surface area contributed by atoms with E-state index in [-0.39, 0.29) is 41.9 Å². The van der Waals surface area contributed by atoms with Gasteiger partial charge in [-0.15, -0.1) is 0 Å². The fourth-order valence-electron chi connectivity index (χ4n) is 2.42. The maximum Gasteiger partial charge on any atom is 0.339 e. The lowest BCUT2D eigenvalue weighted by Gasteiger charge is -2.20. The molecule has 2 N–H and O–H groups in total. The third-order valence-electron chi connectivity index (χ3n) is 3.75. The van der Waals surface area contributed by atoms with Crippen molar-refractivity contribution in [3.63, 3.8) is 0 Å². The molecule has 1 aromatic carbocycles. The van der Waals surface area contributed by atoms with Crippen LogP contribution < -0.4 is 10.6 Å². The summed E-state index contributed by atoms with van der Waals surface area (Å²) in [6, 6.07) is 4.13. The number of hydrogen-bond acceptors (Lipinski definition) is 7. The van der Waals surface area contributed by atoms with Gasteiger partial charge in [-0.2, -0.15) is 0 Å². The van der Waals surface area contributed by atoms with E-state index in [1.54, 1.807) is 4.90 Å². The highest BCUT2D eigenvalue weighted by Crippen LogP contribution is 2.20. The molecule has 0 aliphatic rings. The number of amides is 2. The first-order valence-electron chi connectivity index (χ1n) is 8.84. The molecule has 9 nitrogen and oxygen atoms in total. The molecular weight excluding hydrogens is 366 g/mol. The van der Waals surface area contributed by atoms with Crippen LogP contribution in [0.5, 0.6) is 0 Å². The van der Waals surface area contributed by atoms with E-state index in [4.69, 9.17) is 4.74 Å². The van der Waals surface area contributed by atoms with E-state index >= 15 is 0 Å². The van der Waals surface area contributed by atoms with E-state index in [9.17, 15) is 19.2 Å². The predicted molar refractivity (Wildman–Crippen MR) is 103 cm³/mol. The average molecular weight is 393 g/mol. The highest BCUT2D eigenvalue weighted by atomic mass is 16.5. The topological polar surface area (TPSA) is 114 Å². The number of nitrogens with one attached hydrogen (secondary N) is 2. The second-order valence-electron chi connectivity index (χ2n) is 6.32. The van der Waals surface area contributed by atoms with Crippen molar-refractivity contribution >= 4 is 29.4 Å². The zero-order chi connectivity index (χ0) is 21.3. The number of carbonyl (C=O) groups excluding carboxylic acids is 4. The number of anilines is 1. The number of nitrogens with zero attached hydrogens (tertiary/aromatic N) is 1. The first-order chi connectivity index (χ1) is 13.2. The molecule has 0 saturated carbocycles. The largest absolute Gasteiger partial charge is 0.465 e. The van der Waals surface area contributed by atoms with E-state index in [2.05, 4.69) is 15.4 Å². The third-order valence-corrected chi connectivity index (χ3v) is 3.75. The normalized spacial score (nSPS) is 10.5. The molecule has 0 atom stereocenters. The Kier molecular flexibility index (Phi) is 9.10. The van der Waals surface area contributed by atoms with Crippen molar-refractivity contribution in [1.29, 1.82) is 0 Å².